The van der Waals surface area contributed by atoms with E-state index in [1.54, 1.807) is 24.3 Å². The summed E-state index contributed by atoms with van der Waals surface area (Å²) < 4.78 is 6.14. The third-order valence-corrected chi connectivity index (χ3v) is 4.45. The minimum atomic E-state index is -2.16. The average molecular weight is 423 g/mol. The van der Waals surface area contributed by atoms with E-state index in [0.29, 0.717) is 5.56 Å². The first-order valence-electron chi connectivity index (χ1n) is 6.70. The molecular weight excluding hydrogens is 405 g/mol. The van der Waals surface area contributed by atoms with Crippen molar-refractivity contribution < 1.29 is 30.0 Å². The van der Waals surface area contributed by atoms with Crippen molar-refractivity contribution in [2.45, 2.75) is 36.6 Å². The Kier molecular flexibility index (Phi) is 5.54. The number of hydrogen-bond acceptors (Lipinski definition) is 7. The zero-order valence-electron chi connectivity index (χ0n) is 11.6. The Morgan fingerprint density at radius 2 is 1.86 bits per heavy atom. The van der Waals surface area contributed by atoms with Gasteiger partial charge in [-0.15, -0.1) is 0 Å². The van der Waals surface area contributed by atoms with Crippen LogP contribution in [0.25, 0.3) is 0 Å². The number of hydrogen-bond donors (Lipinski definition) is 5. The summed E-state index contributed by atoms with van der Waals surface area (Å²) in [5.74, 6) is -2.58. The maximum absolute atomic E-state index is 12.3. The van der Waals surface area contributed by atoms with Gasteiger partial charge in [0.15, 0.2) is 11.6 Å². The van der Waals surface area contributed by atoms with Crippen LogP contribution in [0.3, 0.4) is 0 Å². The van der Waals surface area contributed by atoms with Crippen LogP contribution in [0, 0.1) is 3.57 Å². The van der Waals surface area contributed by atoms with E-state index in [9.17, 15) is 20.1 Å². The maximum Gasteiger partial charge on any atom is 0.191 e. The van der Waals surface area contributed by atoms with E-state index >= 15 is 0 Å². The number of aliphatic hydroxyl groups excluding tert-OH is 3. The summed E-state index contributed by atoms with van der Waals surface area (Å²) in [5.41, 5.74) is 6.06. The molecule has 1 fully saturated rings. The van der Waals surface area contributed by atoms with E-state index in [0.717, 1.165) is 3.57 Å². The van der Waals surface area contributed by atoms with Crippen LogP contribution in [0.5, 0.6) is 0 Å². The van der Waals surface area contributed by atoms with Gasteiger partial charge in [0.2, 0.25) is 0 Å². The quantitative estimate of drug-likeness (QED) is 0.310. The van der Waals surface area contributed by atoms with Crippen molar-refractivity contribution in [1.82, 2.24) is 0 Å². The number of carbonyl (C=O) groups excluding carboxylic acids is 1. The molecule has 7 nitrogen and oxygen atoms in total. The van der Waals surface area contributed by atoms with Crippen molar-refractivity contribution in [1.29, 1.82) is 0 Å². The van der Waals surface area contributed by atoms with Gasteiger partial charge >= 0.3 is 0 Å². The van der Waals surface area contributed by atoms with Crippen molar-refractivity contribution in [2.24, 2.45) is 5.73 Å². The predicted octanol–water partition coefficient (Wildman–Crippen LogP) is -1.01. The van der Waals surface area contributed by atoms with Crippen LogP contribution in [0.4, 0.5) is 0 Å². The van der Waals surface area contributed by atoms with E-state index in [1.165, 1.54) is 0 Å². The number of rotatable bonds is 4. The molecule has 8 heteroatoms. The first kappa shape index (κ1) is 17.7. The molecule has 6 N–H and O–H groups in total. The first-order valence-corrected chi connectivity index (χ1v) is 7.78. The van der Waals surface area contributed by atoms with Gasteiger partial charge in [0.1, 0.15) is 18.3 Å². The Hall–Kier alpha value is -0.620. The Bertz CT molecular complexity index is 537. The van der Waals surface area contributed by atoms with E-state index < -0.39 is 49.0 Å². The Labute approximate surface area is 140 Å². The summed E-state index contributed by atoms with van der Waals surface area (Å²) in [4.78, 5) is 12.3. The summed E-state index contributed by atoms with van der Waals surface area (Å²) in [6.45, 7) is -0.620. The molecule has 0 saturated carbocycles. The Morgan fingerprint density at radius 3 is 2.41 bits per heavy atom. The van der Waals surface area contributed by atoms with Gasteiger partial charge in [-0.3, -0.25) is 4.79 Å². The lowest BCUT2D eigenvalue weighted by atomic mass is 9.87. The van der Waals surface area contributed by atoms with E-state index in [-0.39, 0.29) is 0 Å². The molecule has 0 amide bonds. The number of halogens is 1. The van der Waals surface area contributed by atoms with Gasteiger partial charge in [0, 0.05) is 9.13 Å². The van der Waals surface area contributed by atoms with Crippen LogP contribution in [0.15, 0.2) is 24.3 Å². The van der Waals surface area contributed by atoms with E-state index in [2.05, 4.69) is 22.6 Å². The fourth-order valence-electron chi connectivity index (χ4n) is 2.38. The van der Waals surface area contributed by atoms with Gasteiger partial charge in [-0.1, -0.05) is 12.1 Å². The van der Waals surface area contributed by atoms with Gasteiger partial charge in [0.05, 0.1) is 19.1 Å². The van der Waals surface area contributed by atoms with Crippen molar-refractivity contribution in [2.75, 3.05) is 6.61 Å². The summed E-state index contributed by atoms with van der Waals surface area (Å²) in [5, 5.41) is 39.2. The minimum Gasteiger partial charge on any atom is -0.394 e. The lowest BCUT2D eigenvalue weighted by Crippen LogP contribution is -2.68. The standard InChI is InChI=1S/C14H18INO6/c15-8-3-1-7(2-4-8)9(18)5-14(21)13(16)12(20)11(19)10(6-17)22-14/h1-4,10-13,17,19-21H,5-6,16H2/t10-,11-,12+,13-,14?/m1/s1. The molecule has 2 rings (SSSR count). The highest BCUT2D eigenvalue weighted by atomic mass is 127. The van der Waals surface area contributed by atoms with Crippen molar-refractivity contribution in [3.63, 3.8) is 0 Å². The maximum atomic E-state index is 12.3. The number of carbonyl (C=O) groups is 1. The van der Waals surface area contributed by atoms with E-state index in [1.807, 2.05) is 0 Å². The van der Waals surface area contributed by atoms with E-state index in [4.69, 9.17) is 15.6 Å². The SMILES string of the molecule is N[C@@H]1[C@@H](O)[C@H](O)[C@@H](CO)OC1(O)CC(=O)c1ccc(I)cc1. The fourth-order valence-corrected chi connectivity index (χ4v) is 2.74. The Balaban J connectivity index is 2.18. The lowest BCUT2D eigenvalue weighted by Gasteiger charge is -2.45. The number of benzene rings is 1. The zero-order chi connectivity index (χ0) is 16.5. The molecule has 1 aromatic rings. The van der Waals surface area contributed by atoms with Crippen molar-refractivity contribution in [3.05, 3.63) is 33.4 Å². The number of ketones is 1. The highest BCUT2D eigenvalue weighted by Gasteiger charge is 2.52. The van der Waals surface area contributed by atoms with Gasteiger partial charge in [-0.25, -0.2) is 0 Å². The minimum absolute atomic E-state index is 0.366. The highest BCUT2D eigenvalue weighted by Crippen LogP contribution is 2.30. The smallest absolute Gasteiger partial charge is 0.191 e. The molecule has 1 saturated heterocycles. The van der Waals surface area contributed by atoms with Crippen LogP contribution in [-0.4, -0.2) is 63.0 Å². The molecule has 122 valence electrons. The van der Waals surface area contributed by atoms with Crippen LogP contribution in [0.1, 0.15) is 16.8 Å². The monoisotopic (exact) mass is 423 g/mol. The largest absolute Gasteiger partial charge is 0.394 e. The van der Waals surface area contributed by atoms with Gasteiger partial charge in [-0.05, 0) is 34.7 Å². The normalized spacial score (nSPS) is 35.4. The van der Waals surface area contributed by atoms with Crippen LogP contribution in [0.2, 0.25) is 0 Å². The molecule has 5 atom stereocenters. The zero-order valence-corrected chi connectivity index (χ0v) is 13.8. The number of nitrogens with two attached hydrogens (primary N) is 1. The molecule has 0 radical (unpaired) electrons. The number of Topliss-reactive ketones (excluding diaryl/α,β-unsaturated/α-hetero) is 1. The van der Waals surface area contributed by atoms with Gasteiger partial charge in [0.25, 0.3) is 0 Å². The number of aliphatic hydroxyl groups is 4. The summed E-state index contributed by atoms with van der Waals surface area (Å²) in [6, 6.07) is 5.33. The second-order valence-electron chi connectivity index (χ2n) is 5.30. The molecule has 1 unspecified atom stereocenters. The fraction of sp³-hybridized carbons (Fsp3) is 0.500. The topological polar surface area (TPSA) is 133 Å². The average Bonchev–Trinajstić information content (AvgIpc) is 2.49. The molecule has 1 heterocycles. The molecule has 1 aliphatic rings. The van der Waals surface area contributed by atoms with Gasteiger partial charge in [-0.2, -0.15) is 0 Å². The lowest BCUT2D eigenvalue weighted by molar-refractivity contribution is -0.311. The molecule has 0 aliphatic carbocycles. The summed E-state index contributed by atoms with van der Waals surface area (Å²) in [6.07, 6.45) is -4.66. The van der Waals surface area contributed by atoms with Gasteiger partial charge < -0.3 is 30.9 Å². The third-order valence-electron chi connectivity index (χ3n) is 3.74. The molecule has 0 bridgehead atoms. The van der Waals surface area contributed by atoms with Crippen LogP contribution in [-0.2, 0) is 4.74 Å². The summed E-state index contributed by atoms with van der Waals surface area (Å²) in [7, 11) is 0. The predicted molar refractivity (Wildman–Crippen MR) is 85.0 cm³/mol. The molecule has 22 heavy (non-hydrogen) atoms. The van der Waals surface area contributed by atoms with Crippen molar-refractivity contribution >= 4 is 28.4 Å². The number of ether oxygens (including phenoxy) is 1. The molecule has 0 aromatic heterocycles. The molecule has 0 spiro atoms. The second-order valence-corrected chi connectivity index (χ2v) is 6.54. The van der Waals surface area contributed by atoms with Crippen LogP contribution >= 0.6 is 22.6 Å². The highest BCUT2D eigenvalue weighted by molar-refractivity contribution is 14.1. The molecule has 1 aliphatic heterocycles. The molecular formula is C14H18INO6. The summed E-state index contributed by atoms with van der Waals surface area (Å²) >= 11 is 2.10. The molecule has 1 aromatic carbocycles. The Morgan fingerprint density at radius 1 is 1.27 bits per heavy atom. The third kappa shape index (κ3) is 3.48. The first-order chi connectivity index (χ1) is 10.3. The van der Waals surface area contributed by atoms with Crippen molar-refractivity contribution in [3.8, 4) is 0 Å². The van der Waals surface area contributed by atoms with Crippen LogP contribution < -0.4 is 5.73 Å². The second kappa shape index (κ2) is 6.87.